The molecule has 2 aromatic rings. The van der Waals surface area contributed by atoms with Crippen LogP contribution < -0.4 is 4.74 Å². The number of carbonyl (C=O) groups is 1. The highest BCUT2D eigenvalue weighted by Gasteiger charge is 2.23. The molecule has 0 radical (unpaired) electrons. The van der Waals surface area contributed by atoms with E-state index >= 15 is 0 Å². The van der Waals surface area contributed by atoms with Gasteiger partial charge < -0.3 is 19.4 Å². The van der Waals surface area contributed by atoms with Crippen LogP contribution in [-0.2, 0) is 16.0 Å². The largest absolute Gasteiger partial charge is 0.457 e. The molecule has 0 saturated heterocycles. The lowest BCUT2D eigenvalue weighted by molar-refractivity contribution is -0.159. The molecule has 0 amide bonds. The molecule has 0 unspecified atom stereocenters. The standard InChI is InChI=1S/C19H28N2O3/c1-6-21(5)11-10-14-12-20-15-8-7-9-16(17(14)15)23-13-24-18(22)19(2,3)4/h7-9,12,20H,6,10-11,13H2,1-5H3. The number of fused-ring (bicyclic) bond motifs is 1. The van der Waals surface area contributed by atoms with Crippen molar-refractivity contribution in [3.63, 3.8) is 0 Å². The van der Waals surface area contributed by atoms with E-state index in [1.165, 1.54) is 5.56 Å². The first-order chi connectivity index (χ1) is 11.3. The molecule has 2 rings (SSSR count). The van der Waals surface area contributed by atoms with E-state index in [0.29, 0.717) is 0 Å². The Morgan fingerprint density at radius 1 is 1.29 bits per heavy atom. The van der Waals surface area contributed by atoms with Crippen LogP contribution in [-0.4, -0.2) is 42.8 Å². The molecular formula is C19H28N2O3. The minimum absolute atomic E-state index is 0.0747. The number of benzene rings is 1. The topological polar surface area (TPSA) is 54.6 Å². The Morgan fingerprint density at radius 3 is 2.71 bits per heavy atom. The fourth-order valence-corrected chi connectivity index (χ4v) is 2.37. The van der Waals surface area contributed by atoms with Crippen LogP contribution in [0.1, 0.15) is 33.3 Å². The highest BCUT2D eigenvalue weighted by atomic mass is 16.7. The summed E-state index contributed by atoms with van der Waals surface area (Å²) >= 11 is 0. The molecule has 0 aliphatic carbocycles. The number of carbonyl (C=O) groups excluding carboxylic acids is 1. The zero-order chi connectivity index (χ0) is 17.7. The van der Waals surface area contributed by atoms with Crippen LogP contribution in [0, 0.1) is 5.41 Å². The SMILES string of the molecule is CCN(C)CCc1c[nH]c2cccc(OCOC(=O)C(C)(C)C)c12. The molecule has 0 bridgehead atoms. The summed E-state index contributed by atoms with van der Waals surface area (Å²) in [5.74, 6) is 0.471. The zero-order valence-electron chi connectivity index (χ0n) is 15.3. The number of esters is 1. The van der Waals surface area contributed by atoms with Gasteiger partial charge in [-0.05, 0) is 58.5 Å². The van der Waals surface area contributed by atoms with Crippen LogP contribution in [0.15, 0.2) is 24.4 Å². The lowest BCUT2D eigenvalue weighted by Gasteiger charge is -2.17. The molecule has 1 aromatic carbocycles. The van der Waals surface area contributed by atoms with E-state index in [4.69, 9.17) is 9.47 Å². The third kappa shape index (κ3) is 4.51. The molecule has 0 spiro atoms. The van der Waals surface area contributed by atoms with Crippen LogP contribution in [0.5, 0.6) is 5.75 Å². The number of rotatable bonds is 7. The van der Waals surface area contributed by atoms with E-state index in [1.54, 1.807) is 0 Å². The van der Waals surface area contributed by atoms with Crippen molar-refractivity contribution in [2.45, 2.75) is 34.1 Å². The number of likely N-dealkylation sites (N-methyl/N-ethyl adjacent to an activating group) is 1. The van der Waals surface area contributed by atoms with Gasteiger partial charge in [-0.1, -0.05) is 13.0 Å². The van der Waals surface area contributed by atoms with E-state index in [0.717, 1.165) is 36.2 Å². The molecule has 0 aliphatic rings. The van der Waals surface area contributed by atoms with Crippen molar-refractivity contribution in [2.24, 2.45) is 5.41 Å². The summed E-state index contributed by atoms with van der Waals surface area (Å²) in [6.07, 6.45) is 2.97. The van der Waals surface area contributed by atoms with Gasteiger partial charge >= 0.3 is 5.97 Å². The molecule has 5 nitrogen and oxygen atoms in total. The van der Waals surface area contributed by atoms with Crippen LogP contribution in [0.25, 0.3) is 10.9 Å². The summed E-state index contributed by atoms with van der Waals surface area (Å²) in [6.45, 7) is 9.55. The van der Waals surface area contributed by atoms with Gasteiger partial charge in [0.05, 0.1) is 5.41 Å². The average Bonchev–Trinajstić information content (AvgIpc) is 2.95. The maximum Gasteiger partial charge on any atom is 0.314 e. The average molecular weight is 332 g/mol. The Hall–Kier alpha value is -2.01. The summed E-state index contributed by atoms with van der Waals surface area (Å²) in [5.41, 5.74) is 1.71. The van der Waals surface area contributed by atoms with E-state index in [2.05, 4.69) is 23.9 Å². The lowest BCUT2D eigenvalue weighted by Crippen LogP contribution is -2.24. The number of H-pyrrole nitrogens is 1. The second-order valence-electron chi connectivity index (χ2n) is 7.08. The first-order valence-electron chi connectivity index (χ1n) is 8.40. The van der Waals surface area contributed by atoms with Crippen molar-refractivity contribution >= 4 is 16.9 Å². The number of aromatic nitrogens is 1. The molecule has 1 aromatic heterocycles. The zero-order valence-corrected chi connectivity index (χ0v) is 15.3. The summed E-state index contributed by atoms with van der Waals surface area (Å²) in [6, 6.07) is 5.87. The third-order valence-corrected chi connectivity index (χ3v) is 4.07. The maximum absolute atomic E-state index is 11.8. The van der Waals surface area contributed by atoms with Crippen LogP contribution >= 0.6 is 0 Å². The Bertz CT molecular complexity index is 685. The molecule has 24 heavy (non-hydrogen) atoms. The number of nitrogens with one attached hydrogen (secondary N) is 1. The van der Waals surface area contributed by atoms with Crippen molar-refractivity contribution in [3.05, 3.63) is 30.0 Å². The van der Waals surface area contributed by atoms with Crippen LogP contribution in [0.4, 0.5) is 0 Å². The van der Waals surface area contributed by atoms with Gasteiger partial charge in [-0.2, -0.15) is 0 Å². The first kappa shape index (κ1) is 18.3. The van der Waals surface area contributed by atoms with Gasteiger partial charge in [-0.25, -0.2) is 0 Å². The Labute approximate surface area is 143 Å². The Balaban J connectivity index is 2.09. The number of hydrogen-bond donors (Lipinski definition) is 1. The van der Waals surface area contributed by atoms with Gasteiger partial charge in [0, 0.05) is 23.6 Å². The van der Waals surface area contributed by atoms with Crippen molar-refractivity contribution in [1.29, 1.82) is 0 Å². The molecule has 1 N–H and O–H groups in total. The first-order valence-corrected chi connectivity index (χ1v) is 8.40. The number of ether oxygens (including phenoxy) is 2. The monoisotopic (exact) mass is 332 g/mol. The molecule has 0 saturated carbocycles. The van der Waals surface area contributed by atoms with Gasteiger partial charge in [-0.15, -0.1) is 0 Å². The fourth-order valence-electron chi connectivity index (χ4n) is 2.37. The van der Waals surface area contributed by atoms with E-state index in [1.807, 2.05) is 45.2 Å². The van der Waals surface area contributed by atoms with Gasteiger partial charge in [-0.3, -0.25) is 4.79 Å². The molecule has 0 atom stereocenters. The van der Waals surface area contributed by atoms with E-state index < -0.39 is 5.41 Å². The lowest BCUT2D eigenvalue weighted by atomic mass is 9.98. The Morgan fingerprint density at radius 2 is 2.04 bits per heavy atom. The van der Waals surface area contributed by atoms with Crippen molar-refractivity contribution in [2.75, 3.05) is 26.9 Å². The highest BCUT2D eigenvalue weighted by Crippen LogP contribution is 2.29. The number of nitrogens with zero attached hydrogens (tertiary/aromatic N) is 1. The molecule has 132 valence electrons. The molecular weight excluding hydrogens is 304 g/mol. The second kappa shape index (κ2) is 7.71. The van der Waals surface area contributed by atoms with Gasteiger partial charge in [0.15, 0.2) is 0 Å². The van der Waals surface area contributed by atoms with Gasteiger partial charge in [0.2, 0.25) is 6.79 Å². The summed E-state index contributed by atoms with van der Waals surface area (Å²) in [4.78, 5) is 17.4. The van der Waals surface area contributed by atoms with E-state index in [-0.39, 0.29) is 12.8 Å². The van der Waals surface area contributed by atoms with Gasteiger partial charge in [0.25, 0.3) is 0 Å². The van der Waals surface area contributed by atoms with E-state index in [9.17, 15) is 4.79 Å². The molecule has 0 fully saturated rings. The molecule has 1 heterocycles. The minimum atomic E-state index is -0.528. The van der Waals surface area contributed by atoms with Crippen LogP contribution in [0.3, 0.4) is 0 Å². The normalized spacial score (nSPS) is 11.9. The van der Waals surface area contributed by atoms with Crippen molar-refractivity contribution < 1.29 is 14.3 Å². The predicted molar refractivity (Wildman–Crippen MR) is 96.2 cm³/mol. The molecule has 5 heteroatoms. The van der Waals surface area contributed by atoms with Crippen molar-refractivity contribution in [1.82, 2.24) is 9.88 Å². The summed E-state index contributed by atoms with van der Waals surface area (Å²) in [5, 5.41) is 1.06. The quantitative estimate of drug-likeness (QED) is 0.622. The molecule has 0 aliphatic heterocycles. The summed E-state index contributed by atoms with van der Waals surface area (Å²) in [7, 11) is 2.11. The minimum Gasteiger partial charge on any atom is -0.457 e. The summed E-state index contributed by atoms with van der Waals surface area (Å²) < 4.78 is 11.0. The maximum atomic E-state index is 11.8. The van der Waals surface area contributed by atoms with Crippen molar-refractivity contribution in [3.8, 4) is 5.75 Å². The Kier molecular flexibility index (Phi) is 5.89. The predicted octanol–water partition coefficient (Wildman–Crippen LogP) is 3.59. The second-order valence-corrected chi connectivity index (χ2v) is 7.08. The third-order valence-electron chi connectivity index (χ3n) is 4.07. The van der Waals surface area contributed by atoms with Crippen LogP contribution in [0.2, 0.25) is 0 Å². The number of hydrogen-bond acceptors (Lipinski definition) is 4. The highest BCUT2D eigenvalue weighted by molar-refractivity contribution is 5.89. The number of aromatic amines is 1. The fraction of sp³-hybridized carbons (Fsp3) is 0.526. The smallest absolute Gasteiger partial charge is 0.314 e. The van der Waals surface area contributed by atoms with Gasteiger partial charge in [0.1, 0.15) is 5.75 Å².